The molecule has 0 radical (unpaired) electrons. The number of rotatable bonds is 3. The van der Waals surface area contributed by atoms with E-state index in [-0.39, 0.29) is 16.5 Å². The minimum absolute atomic E-state index is 0.0616. The van der Waals surface area contributed by atoms with Gasteiger partial charge in [0.05, 0.1) is 10.4 Å². The molecule has 1 heterocycles. The van der Waals surface area contributed by atoms with Crippen molar-refractivity contribution in [3.05, 3.63) is 54.1 Å². The minimum atomic E-state index is -3.91. The van der Waals surface area contributed by atoms with Crippen LogP contribution in [0.4, 0.5) is 5.69 Å². The summed E-state index contributed by atoms with van der Waals surface area (Å²) in [6.07, 6.45) is 0. The second-order valence-corrected chi connectivity index (χ2v) is 6.80. The van der Waals surface area contributed by atoms with Gasteiger partial charge in [0.15, 0.2) is 5.69 Å². The average molecular weight is 329 g/mol. The van der Waals surface area contributed by atoms with Crippen LogP contribution >= 0.6 is 0 Å². The Hall–Kier alpha value is -2.67. The summed E-state index contributed by atoms with van der Waals surface area (Å²) in [6, 6.07) is 13.5. The summed E-state index contributed by atoms with van der Waals surface area (Å²) in [6.45, 7) is 1.87. The molecule has 0 amide bonds. The van der Waals surface area contributed by atoms with Crippen LogP contribution < -0.4 is 0 Å². The van der Waals surface area contributed by atoms with E-state index in [0.29, 0.717) is 5.39 Å². The highest BCUT2D eigenvalue weighted by Crippen LogP contribution is 2.38. The fourth-order valence-corrected chi connectivity index (χ4v) is 3.07. The van der Waals surface area contributed by atoms with Gasteiger partial charge in [-0.25, -0.2) is 0 Å². The smallest absolute Gasteiger partial charge is 0.299 e. The van der Waals surface area contributed by atoms with Crippen LogP contribution in [0.2, 0.25) is 0 Å². The molecule has 0 saturated carbocycles. The monoisotopic (exact) mass is 329 g/mol. The van der Waals surface area contributed by atoms with Crippen LogP contribution in [-0.2, 0) is 17.1 Å². The van der Waals surface area contributed by atoms with Crippen molar-refractivity contribution in [2.75, 3.05) is 0 Å². The first-order valence-corrected chi connectivity index (χ1v) is 8.35. The minimum Gasteiger partial charge on any atom is -0.493 e. The molecule has 7 heteroatoms. The van der Waals surface area contributed by atoms with Crippen molar-refractivity contribution >= 4 is 26.6 Å². The molecular formula is C16H15N3O3S. The van der Waals surface area contributed by atoms with Gasteiger partial charge in [-0.3, -0.25) is 0 Å². The quantitative estimate of drug-likeness (QED) is 0.744. The number of aromatic hydroxyl groups is 1. The number of benzene rings is 2. The molecule has 3 aromatic rings. The van der Waals surface area contributed by atoms with Gasteiger partial charge in [0.25, 0.3) is 10.0 Å². The third-order valence-electron chi connectivity index (χ3n) is 3.62. The number of nitrogens with zero attached hydrogens (tertiary/aromatic N) is 3. The van der Waals surface area contributed by atoms with E-state index in [2.05, 4.69) is 9.63 Å². The van der Waals surface area contributed by atoms with Gasteiger partial charge in [0.2, 0.25) is 5.88 Å². The topological polar surface area (TPSA) is 84.0 Å². The van der Waals surface area contributed by atoms with Crippen molar-refractivity contribution in [2.45, 2.75) is 11.8 Å². The normalized spacial score (nSPS) is 12.3. The average Bonchev–Trinajstić information content (AvgIpc) is 2.78. The maximum absolute atomic E-state index is 12.2. The SMILES string of the molecule is Cc1ccc(S(=O)(=O)N=Nc2c(O)n(C)c3ccccc23)cc1. The van der Waals surface area contributed by atoms with Gasteiger partial charge >= 0.3 is 0 Å². The molecule has 0 bridgehead atoms. The van der Waals surface area contributed by atoms with Crippen molar-refractivity contribution in [1.29, 1.82) is 0 Å². The Bertz CT molecular complexity index is 1000. The van der Waals surface area contributed by atoms with Crippen LogP contribution in [0.5, 0.6) is 5.88 Å². The third-order valence-corrected chi connectivity index (χ3v) is 4.78. The molecule has 6 nitrogen and oxygen atoms in total. The molecule has 0 aliphatic carbocycles. The molecule has 23 heavy (non-hydrogen) atoms. The fourth-order valence-electron chi connectivity index (χ4n) is 2.31. The second kappa shape index (κ2) is 5.51. The Morgan fingerprint density at radius 3 is 2.39 bits per heavy atom. The van der Waals surface area contributed by atoms with Crippen LogP contribution in [-0.4, -0.2) is 18.1 Å². The summed E-state index contributed by atoms with van der Waals surface area (Å²) in [5, 5.41) is 14.6. The van der Waals surface area contributed by atoms with Gasteiger partial charge in [0.1, 0.15) is 0 Å². The summed E-state index contributed by atoms with van der Waals surface area (Å²) in [5.41, 5.74) is 1.83. The van der Waals surface area contributed by atoms with E-state index in [1.54, 1.807) is 31.3 Å². The van der Waals surface area contributed by atoms with Crippen molar-refractivity contribution in [1.82, 2.24) is 4.57 Å². The summed E-state index contributed by atoms with van der Waals surface area (Å²) in [5.74, 6) is -0.131. The molecule has 0 aliphatic rings. The van der Waals surface area contributed by atoms with Crippen LogP contribution in [0.15, 0.2) is 63.1 Å². The number of hydrogen-bond acceptors (Lipinski definition) is 4. The van der Waals surface area contributed by atoms with Crippen LogP contribution in [0.25, 0.3) is 10.9 Å². The zero-order valence-corrected chi connectivity index (χ0v) is 13.4. The van der Waals surface area contributed by atoms with Gasteiger partial charge in [0, 0.05) is 12.4 Å². The molecule has 0 spiro atoms. The highest BCUT2D eigenvalue weighted by Gasteiger charge is 2.16. The van der Waals surface area contributed by atoms with Gasteiger partial charge in [-0.15, -0.1) is 5.11 Å². The molecule has 1 N–H and O–H groups in total. The molecular weight excluding hydrogens is 314 g/mol. The zero-order valence-electron chi connectivity index (χ0n) is 12.6. The van der Waals surface area contributed by atoms with Crippen LogP contribution in [0.1, 0.15) is 5.56 Å². The van der Waals surface area contributed by atoms with E-state index < -0.39 is 10.0 Å². The molecule has 0 aliphatic heterocycles. The fraction of sp³-hybridized carbons (Fsp3) is 0.125. The van der Waals surface area contributed by atoms with Crippen molar-refractivity contribution < 1.29 is 13.5 Å². The van der Waals surface area contributed by atoms with E-state index in [1.165, 1.54) is 16.7 Å². The van der Waals surface area contributed by atoms with E-state index in [9.17, 15) is 13.5 Å². The molecule has 0 atom stereocenters. The summed E-state index contributed by atoms with van der Waals surface area (Å²) < 4.78 is 29.4. The molecule has 0 unspecified atom stereocenters. The van der Waals surface area contributed by atoms with Gasteiger partial charge < -0.3 is 9.67 Å². The summed E-state index contributed by atoms with van der Waals surface area (Å²) in [7, 11) is -2.24. The van der Waals surface area contributed by atoms with E-state index in [4.69, 9.17) is 0 Å². The summed E-state index contributed by atoms with van der Waals surface area (Å²) in [4.78, 5) is 0.0616. The van der Waals surface area contributed by atoms with Gasteiger partial charge in [-0.2, -0.15) is 8.42 Å². The molecule has 0 fully saturated rings. The largest absolute Gasteiger partial charge is 0.493 e. The lowest BCUT2D eigenvalue weighted by molar-refractivity contribution is 0.436. The van der Waals surface area contributed by atoms with Crippen LogP contribution in [0.3, 0.4) is 0 Å². The van der Waals surface area contributed by atoms with Crippen molar-refractivity contribution in [2.24, 2.45) is 16.7 Å². The third kappa shape index (κ3) is 2.70. The number of hydrogen-bond donors (Lipinski definition) is 1. The van der Waals surface area contributed by atoms with Gasteiger partial charge in [-0.05, 0) is 25.1 Å². The molecule has 118 valence electrons. The number of fused-ring (bicyclic) bond motifs is 1. The Morgan fingerprint density at radius 1 is 1.04 bits per heavy atom. The van der Waals surface area contributed by atoms with E-state index >= 15 is 0 Å². The predicted octanol–water partition coefficient (Wildman–Crippen LogP) is 3.66. The molecule has 1 aromatic heterocycles. The number of aromatic nitrogens is 1. The summed E-state index contributed by atoms with van der Waals surface area (Å²) >= 11 is 0. The lowest BCUT2D eigenvalue weighted by Crippen LogP contribution is -1.95. The maximum Gasteiger partial charge on any atom is 0.299 e. The highest BCUT2D eigenvalue weighted by atomic mass is 32.2. The number of para-hydroxylation sites is 1. The Morgan fingerprint density at radius 2 is 1.70 bits per heavy atom. The number of sulfonamides is 1. The van der Waals surface area contributed by atoms with Crippen molar-refractivity contribution in [3.63, 3.8) is 0 Å². The number of aryl methyl sites for hydroxylation is 2. The van der Waals surface area contributed by atoms with Gasteiger partial charge in [-0.1, -0.05) is 40.4 Å². The van der Waals surface area contributed by atoms with E-state index in [0.717, 1.165) is 11.1 Å². The van der Waals surface area contributed by atoms with Crippen LogP contribution in [0, 0.1) is 6.92 Å². The molecule has 0 saturated heterocycles. The maximum atomic E-state index is 12.2. The first-order valence-electron chi connectivity index (χ1n) is 6.91. The Balaban J connectivity index is 2.06. The first-order chi connectivity index (χ1) is 10.9. The zero-order chi connectivity index (χ0) is 16.6. The Labute approximate surface area is 133 Å². The molecule has 2 aromatic carbocycles. The predicted molar refractivity (Wildman–Crippen MR) is 87.5 cm³/mol. The lowest BCUT2D eigenvalue weighted by Gasteiger charge is -1.98. The Kier molecular flexibility index (Phi) is 3.65. The standard InChI is InChI=1S/C16H15N3O3S/c1-11-7-9-12(10-8-11)23(21,22)18-17-15-13-5-3-4-6-14(13)19(2)16(15)20/h3-10,20H,1-2H3. The molecule has 3 rings (SSSR count). The van der Waals surface area contributed by atoms with E-state index in [1.807, 2.05) is 19.1 Å². The van der Waals surface area contributed by atoms with Crippen molar-refractivity contribution in [3.8, 4) is 5.88 Å². The lowest BCUT2D eigenvalue weighted by atomic mass is 10.2. The highest BCUT2D eigenvalue weighted by molar-refractivity contribution is 7.90. The second-order valence-electron chi connectivity index (χ2n) is 5.22. The first kappa shape index (κ1) is 15.2.